The Labute approximate surface area is 125 Å². The Kier molecular flexibility index (Phi) is 5.28. The number of rotatable bonds is 5. The van der Waals surface area contributed by atoms with Crippen LogP contribution in [0.5, 0.6) is 0 Å². The third kappa shape index (κ3) is 3.59. The number of primary amides is 1. The number of halogens is 1. The molecular formula is C16H24FN3O. The SMILES string of the molecule is CCC(NC1CCCCCC1)(C(N)=O)c1ccc(F)cn1. The lowest BCUT2D eigenvalue weighted by Crippen LogP contribution is -2.56. The number of amides is 1. The van der Waals surface area contributed by atoms with Crippen molar-refractivity contribution in [2.24, 2.45) is 5.73 Å². The Morgan fingerprint density at radius 1 is 1.38 bits per heavy atom. The third-order valence-corrected chi connectivity index (χ3v) is 4.42. The lowest BCUT2D eigenvalue weighted by Gasteiger charge is -2.34. The van der Waals surface area contributed by atoms with E-state index in [1.165, 1.54) is 18.9 Å². The summed E-state index contributed by atoms with van der Waals surface area (Å²) >= 11 is 0. The second kappa shape index (κ2) is 6.98. The van der Waals surface area contributed by atoms with Gasteiger partial charge in [-0.05, 0) is 31.4 Å². The molecule has 1 atom stereocenters. The van der Waals surface area contributed by atoms with E-state index in [1.807, 2.05) is 6.92 Å². The first-order valence-electron chi connectivity index (χ1n) is 7.78. The van der Waals surface area contributed by atoms with Crippen LogP contribution in [0.1, 0.15) is 57.6 Å². The molecule has 21 heavy (non-hydrogen) atoms. The van der Waals surface area contributed by atoms with Crippen LogP contribution in [0.15, 0.2) is 18.3 Å². The quantitative estimate of drug-likeness (QED) is 0.820. The van der Waals surface area contributed by atoms with Crippen molar-refractivity contribution >= 4 is 5.91 Å². The number of nitrogens with two attached hydrogens (primary N) is 1. The van der Waals surface area contributed by atoms with E-state index in [1.54, 1.807) is 6.07 Å². The third-order valence-electron chi connectivity index (χ3n) is 4.42. The molecule has 2 rings (SSSR count). The molecule has 0 aromatic carbocycles. The Hall–Kier alpha value is -1.49. The zero-order valence-corrected chi connectivity index (χ0v) is 12.6. The lowest BCUT2D eigenvalue weighted by molar-refractivity contribution is -0.125. The Bertz CT molecular complexity index is 469. The van der Waals surface area contributed by atoms with Crippen LogP contribution in [0.4, 0.5) is 4.39 Å². The van der Waals surface area contributed by atoms with E-state index in [9.17, 15) is 9.18 Å². The molecule has 1 heterocycles. The van der Waals surface area contributed by atoms with Crippen LogP contribution < -0.4 is 11.1 Å². The normalized spacial score (nSPS) is 19.7. The van der Waals surface area contributed by atoms with E-state index in [-0.39, 0.29) is 6.04 Å². The average molecular weight is 293 g/mol. The number of pyridine rings is 1. The second-order valence-electron chi connectivity index (χ2n) is 5.82. The molecule has 1 unspecified atom stereocenters. The van der Waals surface area contributed by atoms with Crippen molar-refractivity contribution in [2.75, 3.05) is 0 Å². The van der Waals surface area contributed by atoms with Crippen molar-refractivity contribution < 1.29 is 9.18 Å². The highest BCUT2D eigenvalue weighted by Gasteiger charge is 2.39. The smallest absolute Gasteiger partial charge is 0.243 e. The molecule has 0 bridgehead atoms. The Morgan fingerprint density at radius 2 is 2.05 bits per heavy atom. The first-order valence-corrected chi connectivity index (χ1v) is 7.78. The van der Waals surface area contributed by atoms with Crippen molar-refractivity contribution in [3.05, 3.63) is 29.8 Å². The second-order valence-corrected chi connectivity index (χ2v) is 5.82. The molecule has 1 saturated carbocycles. The molecule has 0 saturated heterocycles. The van der Waals surface area contributed by atoms with Crippen LogP contribution in [0.2, 0.25) is 0 Å². The van der Waals surface area contributed by atoms with Gasteiger partial charge in [0.1, 0.15) is 11.4 Å². The van der Waals surface area contributed by atoms with E-state index in [4.69, 9.17) is 5.73 Å². The zero-order chi connectivity index (χ0) is 15.3. The van der Waals surface area contributed by atoms with Gasteiger partial charge in [-0.3, -0.25) is 15.1 Å². The van der Waals surface area contributed by atoms with E-state index in [2.05, 4.69) is 10.3 Å². The minimum atomic E-state index is -1.01. The summed E-state index contributed by atoms with van der Waals surface area (Å²) in [4.78, 5) is 16.2. The molecule has 4 nitrogen and oxygen atoms in total. The molecule has 0 radical (unpaired) electrons. The number of nitrogens with zero attached hydrogens (tertiary/aromatic N) is 1. The van der Waals surface area contributed by atoms with Gasteiger partial charge in [0.25, 0.3) is 0 Å². The predicted molar refractivity (Wildman–Crippen MR) is 80.0 cm³/mol. The molecule has 1 aromatic heterocycles. The monoisotopic (exact) mass is 293 g/mol. The minimum absolute atomic E-state index is 0.256. The van der Waals surface area contributed by atoms with Gasteiger partial charge in [0.2, 0.25) is 5.91 Å². The molecule has 1 aliphatic carbocycles. The highest BCUT2D eigenvalue weighted by molar-refractivity contribution is 5.85. The molecule has 116 valence electrons. The van der Waals surface area contributed by atoms with Crippen LogP contribution in [-0.4, -0.2) is 16.9 Å². The molecule has 5 heteroatoms. The van der Waals surface area contributed by atoms with Crippen molar-refractivity contribution in [3.63, 3.8) is 0 Å². The molecular weight excluding hydrogens is 269 g/mol. The van der Waals surface area contributed by atoms with Gasteiger partial charge >= 0.3 is 0 Å². The zero-order valence-electron chi connectivity index (χ0n) is 12.6. The molecule has 1 aromatic rings. The van der Waals surface area contributed by atoms with Gasteiger partial charge < -0.3 is 5.73 Å². The molecule has 1 amide bonds. The van der Waals surface area contributed by atoms with Gasteiger partial charge in [0.05, 0.1) is 11.9 Å². The summed E-state index contributed by atoms with van der Waals surface area (Å²) in [6.07, 6.45) is 8.51. The van der Waals surface area contributed by atoms with Crippen LogP contribution in [0.25, 0.3) is 0 Å². The van der Waals surface area contributed by atoms with Crippen molar-refractivity contribution in [1.82, 2.24) is 10.3 Å². The summed E-state index contributed by atoms with van der Waals surface area (Å²) < 4.78 is 13.1. The summed E-state index contributed by atoms with van der Waals surface area (Å²) in [5.74, 6) is -0.865. The first kappa shape index (κ1) is 15.9. The maximum atomic E-state index is 13.1. The van der Waals surface area contributed by atoms with E-state index in [0.717, 1.165) is 31.9 Å². The number of carbonyl (C=O) groups excluding carboxylic acids is 1. The molecule has 1 fully saturated rings. The molecule has 3 N–H and O–H groups in total. The summed E-state index contributed by atoms with van der Waals surface area (Å²) in [5, 5.41) is 3.43. The number of carbonyl (C=O) groups is 1. The standard InChI is InChI=1S/C16H24FN3O/c1-2-16(15(18)21,14-10-9-12(17)11-19-14)20-13-7-5-3-4-6-8-13/h9-11,13,20H,2-8H2,1H3,(H2,18,21). The summed E-state index contributed by atoms with van der Waals surface area (Å²) in [6.45, 7) is 1.90. The highest BCUT2D eigenvalue weighted by Crippen LogP contribution is 2.27. The van der Waals surface area contributed by atoms with Crippen molar-refractivity contribution in [2.45, 2.75) is 63.5 Å². The summed E-state index contributed by atoms with van der Waals surface area (Å²) in [6, 6.07) is 3.13. The molecule has 0 spiro atoms. The van der Waals surface area contributed by atoms with Crippen LogP contribution in [-0.2, 0) is 10.3 Å². The Balaban J connectivity index is 2.27. The minimum Gasteiger partial charge on any atom is -0.368 e. The fourth-order valence-electron chi connectivity index (χ4n) is 3.13. The maximum Gasteiger partial charge on any atom is 0.243 e. The maximum absolute atomic E-state index is 13.1. The van der Waals surface area contributed by atoms with Crippen LogP contribution in [0, 0.1) is 5.82 Å². The summed E-state index contributed by atoms with van der Waals surface area (Å²) in [5.41, 5.74) is 5.17. The van der Waals surface area contributed by atoms with Crippen LogP contribution >= 0.6 is 0 Å². The van der Waals surface area contributed by atoms with Crippen LogP contribution in [0.3, 0.4) is 0 Å². The number of aromatic nitrogens is 1. The number of hydrogen-bond donors (Lipinski definition) is 2. The van der Waals surface area contributed by atoms with Gasteiger partial charge in [0.15, 0.2) is 0 Å². The lowest BCUT2D eigenvalue weighted by atomic mass is 9.88. The molecule has 0 aliphatic heterocycles. The Morgan fingerprint density at radius 3 is 2.52 bits per heavy atom. The van der Waals surface area contributed by atoms with Gasteiger partial charge in [-0.25, -0.2) is 4.39 Å². The van der Waals surface area contributed by atoms with Gasteiger partial charge in [-0.15, -0.1) is 0 Å². The van der Waals surface area contributed by atoms with Crippen molar-refractivity contribution in [1.29, 1.82) is 0 Å². The van der Waals surface area contributed by atoms with Gasteiger partial charge in [-0.1, -0.05) is 32.6 Å². The summed E-state index contributed by atoms with van der Waals surface area (Å²) in [7, 11) is 0. The average Bonchev–Trinajstić information content (AvgIpc) is 2.74. The number of nitrogens with one attached hydrogen (secondary N) is 1. The fourth-order valence-corrected chi connectivity index (χ4v) is 3.13. The van der Waals surface area contributed by atoms with E-state index in [0.29, 0.717) is 12.1 Å². The first-order chi connectivity index (χ1) is 10.1. The molecule has 1 aliphatic rings. The van der Waals surface area contributed by atoms with E-state index < -0.39 is 17.3 Å². The fraction of sp³-hybridized carbons (Fsp3) is 0.625. The van der Waals surface area contributed by atoms with Crippen molar-refractivity contribution in [3.8, 4) is 0 Å². The van der Waals surface area contributed by atoms with Gasteiger partial charge in [-0.2, -0.15) is 0 Å². The highest BCUT2D eigenvalue weighted by atomic mass is 19.1. The van der Waals surface area contributed by atoms with E-state index >= 15 is 0 Å². The number of hydrogen-bond acceptors (Lipinski definition) is 3. The topological polar surface area (TPSA) is 68.0 Å². The predicted octanol–water partition coefficient (Wildman–Crippen LogP) is 2.62. The van der Waals surface area contributed by atoms with Gasteiger partial charge in [0, 0.05) is 6.04 Å². The largest absolute Gasteiger partial charge is 0.368 e.